The van der Waals surface area contributed by atoms with Gasteiger partial charge in [-0.15, -0.1) is 0 Å². The number of likely N-dealkylation sites (tertiary alicyclic amines) is 1. The van der Waals surface area contributed by atoms with Crippen molar-refractivity contribution in [2.24, 2.45) is 0 Å². The largest absolute Gasteiger partial charge is 0.334 e. The van der Waals surface area contributed by atoms with Crippen LogP contribution in [0.4, 0.5) is 10.5 Å². The first-order valence-electron chi connectivity index (χ1n) is 8.20. The van der Waals surface area contributed by atoms with E-state index in [-0.39, 0.29) is 6.03 Å². The van der Waals surface area contributed by atoms with Crippen LogP contribution < -0.4 is 10.6 Å². The average molecular weight is 309 g/mol. The molecule has 0 bridgehead atoms. The summed E-state index contributed by atoms with van der Waals surface area (Å²) in [5.41, 5.74) is 3.24. The summed E-state index contributed by atoms with van der Waals surface area (Å²) < 4.78 is 0. The van der Waals surface area contributed by atoms with Crippen LogP contribution in [0.2, 0.25) is 0 Å². The first-order valence-corrected chi connectivity index (χ1v) is 8.20. The summed E-state index contributed by atoms with van der Waals surface area (Å²) >= 11 is 0. The number of rotatable bonds is 5. The normalized spacial score (nSPS) is 14.6. The Hall–Kier alpha value is -2.33. The van der Waals surface area contributed by atoms with E-state index in [1.54, 1.807) is 0 Å². The molecule has 1 fully saturated rings. The summed E-state index contributed by atoms with van der Waals surface area (Å²) in [5.74, 6) is 0. The Bertz CT molecular complexity index is 636. The predicted octanol–water partition coefficient (Wildman–Crippen LogP) is 3.60. The molecule has 23 heavy (non-hydrogen) atoms. The van der Waals surface area contributed by atoms with E-state index in [1.165, 1.54) is 31.5 Å². The summed E-state index contributed by atoms with van der Waals surface area (Å²) in [6.45, 7) is 3.93. The van der Waals surface area contributed by atoms with Gasteiger partial charge in [0.1, 0.15) is 0 Å². The molecule has 1 saturated heterocycles. The first kappa shape index (κ1) is 15.6. The molecule has 2 aromatic rings. The number of urea groups is 1. The van der Waals surface area contributed by atoms with E-state index in [4.69, 9.17) is 0 Å². The van der Waals surface area contributed by atoms with Crippen molar-refractivity contribution in [1.82, 2.24) is 10.2 Å². The van der Waals surface area contributed by atoms with Crippen LogP contribution in [-0.2, 0) is 13.1 Å². The van der Waals surface area contributed by atoms with Crippen molar-refractivity contribution in [2.45, 2.75) is 25.9 Å². The third kappa shape index (κ3) is 4.83. The van der Waals surface area contributed by atoms with Crippen LogP contribution in [-0.4, -0.2) is 24.0 Å². The molecule has 1 aliphatic rings. The monoisotopic (exact) mass is 309 g/mol. The molecule has 3 rings (SSSR count). The number of benzene rings is 2. The fourth-order valence-electron chi connectivity index (χ4n) is 2.92. The van der Waals surface area contributed by atoms with E-state index >= 15 is 0 Å². The number of nitrogens with one attached hydrogen (secondary N) is 2. The maximum absolute atomic E-state index is 11.9. The molecule has 0 atom stereocenters. The second kappa shape index (κ2) is 7.79. The number of amides is 2. The van der Waals surface area contributed by atoms with Gasteiger partial charge in [0.25, 0.3) is 0 Å². The van der Waals surface area contributed by atoms with Crippen LogP contribution in [0.3, 0.4) is 0 Å². The molecule has 4 nitrogen and oxygen atoms in total. The Balaban J connectivity index is 1.50. The molecule has 120 valence electrons. The van der Waals surface area contributed by atoms with Gasteiger partial charge in [-0.1, -0.05) is 42.5 Å². The Morgan fingerprint density at radius 1 is 0.957 bits per heavy atom. The number of para-hydroxylation sites is 1. The number of nitrogens with zero attached hydrogens (tertiary/aromatic N) is 1. The lowest BCUT2D eigenvalue weighted by atomic mass is 10.1. The second-order valence-electron chi connectivity index (χ2n) is 5.98. The first-order chi connectivity index (χ1) is 11.3. The van der Waals surface area contributed by atoms with Crippen molar-refractivity contribution in [3.8, 4) is 0 Å². The summed E-state index contributed by atoms with van der Waals surface area (Å²) in [5, 5.41) is 5.73. The van der Waals surface area contributed by atoms with E-state index < -0.39 is 0 Å². The smallest absolute Gasteiger partial charge is 0.319 e. The number of hydrogen-bond donors (Lipinski definition) is 2. The summed E-state index contributed by atoms with van der Waals surface area (Å²) in [4.78, 5) is 14.4. The summed E-state index contributed by atoms with van der Waals surface area (Å²) in [6.07, 6.45) is 2.61. The minimum atomic E-state index is -0.179. The molecule has 2 aromatic carbocycles. The van der Waals surface area contributed by atoms with Gasteiger partial charge in [0.2, 0.25) is 0 Å². The van der Waals surface area contributed by atoms with Crippen LogP contribution in [0.15, 0.2) is 54.6 Å². The molecule has 2 N–H and O–H groups in total. The van der Waals surface area contributed by atoms with Crippen molar-refractivity contribution in [1.29, 1.82) is 0 Å². The van der Waals surface area contributed by atoms with E-state index in [1.807, 2.05) is 30.3 Å². The zero-order valence-corrected chi connectivity index (χ0v) is 13.3. The van der Waals surface area contributed by atoms with Crippen molar-refractivity contribution >= 4 is 11.7 Å². The number of carbonyl (C=O) groups is 1. The lowest BCUT2D eigenvalue weighted by Crippen LogP contribution is -2.28. The Kier molecular flexibility index (Phi) is 5.27. The van der Waals surface area contributed by atoms with E-state index in [2.05, 4.69) is 39.8 Å². The van der Waals surface area contributed by atoms with E-state index in [9.17, 15) is 4.79 Å². The second-order valence-corrected chi connectivity index (χ2v) is 5.98. The topological polar surface area (TPSA) is 44.4 Å². The highest BCUT2D eigenvalue weighted by atomic mass is 16.2. The Morgan fingerprint density at radius 3 is 2.48 bits per heavy atom. The molecule has 0 spiro atoms. The molecular formula is C19H23N3O. The molecule has 1 heterocycles. The minimum Gasteiger partial charge on any atom is -0.334 e. The zero-order chi connectivity index (χ0) is 15.9. The van der Waals surface area contributed by atoms with Crippen LogP contribution in [0.1, 0.15) is 24.0 Å². The quantitative estimate of drug-likeness (QED) is 0.886. The molecule has 0 saturated carbocycles. The van der Waals surface area contributed by atoms with E-state index in [0.29, 0.717) is 6.54 Å². The molecule has 1 aliphatic heterocycles. The van der Waals surface area contributed by atoms with Gasteiger partial charge < -0.3 is 10.6 Å². The summed E-state index contributed by atoms with van der Waals surface area (Å²) in [6, 6.07) is 17.7. The Morgan fingerprint density at radius 2 is 1.70 bits per heavy atom. The molecular weight excluding hydrogens is 286 g/mol. The average Bonchev–Trinajstić information content (AvgIpc) is 3.07. The van der Waals surface area contributed by atoms with Gasteiger partial charge in [-0.05, 0) is 49.2 Å². The molecule has 4 heteroatoms. The van der Waals surface area contributed by atoms with Crippen molar-refractivity contribution in [2.75, 3.05) is 18.4 Å². The van der Waals surface area contributed by atoms with Crippen molar-refractivity contribution in [3.63, 3.8) is 0 Å². The number of carbonyl (C=O) groups excluding carboxylic acids is 1. The summed E-state index contributed by atoms with van der Waals surface area (Å²) in [7, 11) is 0. The highest BCUT2D eigenvalue weighted by Gasteiger charge is 2.11. The zero-order valence-electron chi connectivity index (χ0n) is 13.3. The highest BCUT2D eigenvalue weighted by Crippen LogP contribution is 2.14. The van der Waals surface area contributed by atoms with Crippen LogP contribution in [0.25, 0.3) is 0 Å². The molecule has 0 aromatic heterocycles. The van der Waals surface area contributed by atoms with Gasteiger partial charge in [0, 0.05) is 18.8 Å². The maximum atomic E-state index is 11.9. The maximum Gasteiger partial charge on any atom is 0.319 e. The van der Waals surface area contributed by atoms with Crippen LogP contribution in [0.5, 0.6) is 0 Å². The number of hydrogen-bond acceptors (Lipinski definition) is 2. The third-order valence-corrected chi connectivity index (χ3v) is 4.08. The minimum absolute atomic E-state index is 0.179. The van der Waals surface area contributed by atoms with Crippen molar-refractivity contribution < 1.29 is 4.79 Å². The van der Waals surface area contributed by atoms with Crippen molar-refractivity contribution in [3.05, 3.63) is 65.7 Å². The molecule has 0 aliphatic carbocycles. The predicted molar refractivity (Wildman–Crippen MR) is 93.3 cm³/mol. The van der Waals surface area contributed by atoms with E-state index in [0.717, 1.165) is 17.8 Å². The van der Waals surface area contributed by atoms with Gasteiger partial charge in [-0.25, -0.2) is 4.79 Å². The van der Waals surface area contributed by atoms with Crippen LogP contribution in [0, 0.1) is 0 Å². The van der Waals surface area contributed by atoms with Gasteiger partial charge >= 0.3 is 6.03 Å². The Labute approximate surface area is 137 Å². The molecule has 0 unspecified atom stereocenters. The lowest BCUT2D eigenvalue weighted by Gasteiger charge is -2.15. The standard InChI is InChI=1S/C19H23N3O/c23-19(21-18-9-2-1-3-10-18)20-14-16-7-6-8-17(13-16)15-22-11-4-5-12-22/h1-3,6-10,13H,4-5,11-12,14-15H2,(H2,20,21,23). The van der Waals surface area contributed by atoms with Gasteiger partial charge in [-0.2, -0.15) is 0 Å². The number of anilines is 1. The third-order valence-electron chi connectivity index (χ3n) is 4.08. The lowest BCUT2D eigenvalue weighted by molar-refractivity contribution is 0.251. The van der Waals surface area contributed by atoms with Gasteiger partial charge in [0.05, 0.1) is 0 Å². The SMILES string of the molecule is O=C(NCc1cccc(CN2CCCC2)c1)Nc1ccccc1. The van der Waals surface area contributed by atoms with Crippen LogP contribution >= 0.6 is 0 Å². The van der Waals surface area contributed by atoms with Gasteiger partial charge in [0.15, 0.2) is 0 Å². The molecule has 2 amide bonds. The fraction of sp³-hybridized carbons (Fsp3) is 0.316. The fourth-order valence-corrected chi connectivity index (χ4v) is 2.92. The highest BCUT2D eigenvalue weighted by molar-refractivity contribution is 5.89. The molecule has 0 radical (unpaired) electrons. The van der Waals surface area contributed by atoms with Gasteiger partial charge in [-0.3, -0.25) is 4.90 Å².